The summed E-state index contributed by atoms with van der Waals surface area (Å²) in [5, 5.41) is 0. The molecular formula is C43H82O4. The molecule has 0 aliphatic carbocycles. The van der Waals surface area contributed by atoms with Gasteiger partial charge < -0.3 is 14.3 Å². The Labute approximate surface area is 294 Å². The Bertz CT molecular complexity index is 727. The van der Waals surface area contributed by atoms with Crippen LogP contribution in [0.3, 0.4) is 0 Å². The molecule has 0 spiro atoms. The van der Waals surface area contributed by atoms with Crippen molar-refractivity contribution in [2.24, 2.45) is 5.41 Å². The highest BCUT2D eigenvalue weighted by molar-refractivity contribution is 5.75. The molecule has 0 aromatic carbocycles. The monoisotopic (exact) mass is 663 g/mol. The summed E-state index contributed by atoms with van der Waals surface area (Å²) in [6.45, 7) is 15.2. The minimum absolute atomic E-state index is 0.179. The first-order chi connectivity index (χ1) is 22.7. The van der Waals surface area contributed by atoms with Crippen molar-refractivity contribution >= 4 is 11.8 Å². The summed E-state index contributed by atoms with van der Waals surface area (Å²) in [4.78, 5) is 22.1. The fourth-order valence-electron chi connectivity index (χ4n) is 6.81. The zero-order chi connectivity index (χ0) is 34.9. The molecule has 0 saturated heterocycles. The van der Waals surface area contributed by atoms with Crippen molar-refractivity contribution < 1.29 is 19.1 Å². The van der Waals surface area contributed by atoms with Gasteiger partial charge in [-0.15, -0.1) is 0 Å². The van der Waals surface area contributed by atoms with Crippen molar-refractivity contribution in [3.8, 4) is 0 Å². The van der Waals surface area contributed by atoms with Crippen LogP contribution in [0.2, 0.25) is 0 Å². The van der Waals surface area contributed by atoms with Crippen LogP contribution in [0.25, 0.3) is 0 Å². The Hall–Kier alpha value is -1.32. The molecule has 0 N–H and O–H groups in total. The second-order valence-corrected chi connectivity index (χ2v) is 15.6. The molecule has 4 heteroatoms. The smallest absolute Gasteiger partial charge is 0.302 e. The van der Waals surface area contributed by atoms with Crippen molar-refractivity contribution in [3.05, 3.63) is 12.3 Å². The fraction of sp³-hybridized carbons (Fsp3) is 0.907. The number of esters is 1. The number of carbonyl (C=O) groups is 2. The molecule has 0 rings (SSSR count). The lowest BCUT2D eigenvalue weighted by atomic mass is 9.80. The van der Waals surface area contributed by atoms with Crippen LogP contribution < -0.4 is 0 Å². The third-order valence-electron chi connectivity index (χ3n) is 9.78. The number of unbranched alkanes of at least 4 members (excludes halogenated alkanes) is 23. The lowest BCUT2D eigenvalue weighted by molar-refractivity contribution is -0.141. The number of ether oxygens (including phenoxy) is 2. The summed E-state index contributed by atoms with van der Waals surface area (Å²) in [5.41, 5.74) is 0.262. The molecule has 0 fully saturated rings. The number of hydrogen-bond acceptors (Lipinski definition) is 4. The Morgan fingerprint density at radius 1 is 0.574 bits per heavy atom. The van der Waals surface area contributed by atoms with Crippen molar-refractivity contribution in [1.29, 1.82) is 0 Å². The Kier molecular flexibility index (Phi) is 32.3. The second kappa shape index (κ2) is 33.2. The predicted molar refractivity (Wildman–Crippen MR) is 204 cm³/mol. The minimum Gasteiger partial charge on any atom is -0.495 e. The first-order valence-corrected chi connectivity index (χ1v) is 20.6. The third kappa shape index (κ3) is 35.8. The fourth-order valence-corrected chi connectivity index (χ4v) is 6.81. The molecule has 4 nitrogen and oxygen atoms in total. The Morgan fingerprint density at radius 2 is 1.00 bits per heavy atom. The molecule has 0 amide bonds. The van der Waals surface area contributed by atoms with Gasteiger partial charge in [0.25, 0.3) is 0 Å². The zero-order valence-corrected chi connectivity index (χ0v) is 32.5. The van der Waals surface area contributed by atoms with Crippen LogP contribution in [-0.2, 0) is 19.1 Å². The largest absolute Gasteiger partial charge is 0.495 e. The molecule has 0 aromatic rings. The van der Waals surface area contributed by atoms with Gasteiger partial charge in [0.05, 0.1) is 18.5 Å². The standard InChI is InChI=1S/C43H82O4/c1-7-8-9-10-11-12-13-14-15-16-17-18-19-24-29-34-40(3)47-42(35-30-25-22-27-32-37-46-41(4)45)38-43(5,6)36-31-26-21-20-23-28-33-39(2)44/h42H,3,7-38H2,1-2,4-6H3. The van der Waals surface area contributed by atoms with Gasteiger partial charge >= 0.3 is 5.97 Å². The zero-order valence-electron chi connectivity index (χ0n) is 32.5. The normalized spacial score (nSPS) is 12.3. The molecule has 0 saturated carbocycles. The van der Waals surface area contributed by atoms with E-state index in [1.807, 2.05) is 0 Å². The topological polar surface area (TPSA) is 52.6 Å². The van der Waals surface area contributed by atoms with Crippen LogP contribution in [-0.4, -0.2) is 24.5 Å². The van der Waals surface area contributed by atoms with Gasteiger partial charge in [-0.05, 0) is 57.3 Å². The van der Waals surface area contributed by atoms with E-state index >= 15 is 0 Å². The molecule has 278 valence electrons. The molecule has 0 radical (unpaired) electrons. The van der Waals surface area contributed by atoms with E-state index in [-0.39, 0.29) is 17.5 Å². The van der Waals surface area contributed by atoms with E-state index in [9.17, 15) is 9.59 Å². The molecule has 0 bridgehead atoms. The number of allylic oxidation sites excluding steroid dienone is 1. The molecule has 0 heterocycles. The van der Waals surface area contributed by atoms with E-state index in [0.29, 0.717) is 12.4 Å². The highest BCUT2D eigenvalue weighted by Crippen LogP contribution is 2.33. The van der Waals surface area contributed by atoms with Crippen LogP contribution in [0.4, 0.5) is 0 Å². The van der Waals surface area contributed by atoms with Gasteiger partial charge in [0, 0.05) is 19.8 Å². The molecule has 47 heavy (non-hydrogen) atoms. The van der Waals surface area contributed by atoms with Gasteiger partial charge in [-0.3, -0.25) is 4.79 Å². The van der Waals surface area contributed by atoms with E-state index in [1.165, 1.54) is 161 Å². The minimum atomic E-state index is -0.179. The highest BCUT2D eigenvalue weighted by Gasteiger charge is 2.24. The number of Topliss-reactive ketones (excluding diaryl/α,β-unsaturated/α-hetero) is 1. The van der Waals surface area contributed by atoms with E-state index in [2.05, 4.69) is 27.4 Å². The van der Waals surface area contributed by atoms with Gasteiger partial charge in [-0.1, -0.05) is 169 Å². The molecule has 1 atom stereocenters. The molecular weight excluding hydrogens is 580 g/mol. The first-order valence-electron chi connectivity index (χ1n) is 20.6. The maximum Gasteiger partial charge on any atom is 0.302 e. The Morgan fingerprint density at radius 3 is 1.49 bits per heavy atom. The maximum absolute atomic E-state index is 11.1. The third-order valence-corrected chi connectivity index (χ3v) is 9.78. The first kappa shape index (κ1) is 45.7. The number of rotatable bonds is 37. The van der Waals surface area contributed by atoms with Crippen LogP contribution in [0, 0.1) is 5.41 Å². The van der Waals surface area contributed by atoms with Crippen LogP contribution in [0.15, 0.2) is 12.3 Å². The molecule has 0 aliphatic heterocycles. The Balaban J connectivity index is 4.28. The van der Waals surface area contributed by atoms with Gasteiger partial charge in [-0.2, -0.15) is 0 Å². The summed E-state index contributed by atoms with van der Waals surface area (Å²) < 4.78 is 11.7. The van der Waals surface area contributed by atoms with Crippen molar-refractivity contribution in [2.45, 2.75) is 240 Å². The average molecular weight is 663 g/mol. The van der Waals surface area contributed by atoms with Crippen LogP contribution in [0.1, 0.15) is 234 Å². The lowest BCUT2D eigenvalue weighted by Crippen LogP contribution is -2.23. The molecule has 0 aliphatic rings. The number of carbonyl (C=O) groups excluding carboxylic acids is 2. The predicted octanol–water partition coefficient (Wildman–Crippen LogP) is 14.2. The van der Waals surface area contributed by atoms with Crippen LogP contribution in [0.5, 0.6) is 0 Å². The van der Waals surface area contributed by atoms with Gasteiger partial charge in [0.15, 0.2) is 0 Å². The summed E-state index contributed by atoms with van der Waals surface area (Å²) in [7, 11) is 0. The molecule has 0 aromatic heterocycles. The lowest BCUT2D eigenvalue weighted by Gasteiger charge is -2.31. The van der Waals surface area contributed by atoms with Gasteiger partial charge in [-0.25, -0.2) is 0 Å². The molecule has 1 unspecified atom stereocenters. The quantitative estimate of drug-likeness (QED) is 0.0377. The summed E-state index contributed by atoms with van der Waals surface area (Å²) >= 11 is 0. The maximum atomic E-state index is 11.1. The highest BCUT2D eigenvalue weighted by atomic mass is 16.5. The van der Waals surface area contributed by atoms with E-state index in [0.717, 1.165) is 50.7 Å². The second-order valence-electron chi connectivity index (χ2n) is 15.6. The van der Waals surface area contributed by atoms with Crippen molar-refractivity contribution in [3.63, 3.8) is 0 Å². The SMILES string of the molecule is C=C(CCCCCCCCCCCCCCCCC)OC(CCCCCCCOC(C)=O)CC(C)(C)CCCCCCCCC(C)=O. The number of ketones is 1. The number of hydrogen-bond donors (Lipinski definition) is 0. The van der Waals surface area contributed by atoms with Gasteiger partial charge in [0.2, 0.25) is 0 Å². The van der Waals surface area contributed by atoms with E-state index in [1.54, 1.807) is 6.92 Å². The van der Waals surface area contributed by atoms with Crippen molar-refractivity contribution in [1.82, 2.24) is 0 Å². The van der Waals surface area contributed by atoms with Gasteiger partial charge in [0.1, 0.15) is 5.78 Å². The van der Waals surface area contributed by atoms with Crippen molar-refractivity contribution in [2.75, 3.05) is 6.61 Å². The van der Waals surface area contributed by atoms with Crippen LogP contribution >= 0.6 is 0 Å². The summed E-state index contributed by atoms with van der Waals surface area (Å²) in [6, 6.07) is 0. The van der Waals surface area contributed by atoms with E-state index in [4.69, 9.17) is 9.47 Å². The summed E-state index contributed by atoms with van der Waals surface area (Å²) in [6.07, 6.45) is 39.2. The van der Waals surface area contributed by atoms with E-state index < -0.39 is 0 Å². The average Bonchev–Trinajstić information content (AvgIpc) is 3.01. The summed E-state index contributed by atoms with van der Waals surface area (Å²) in [5.74, 6) is 1.13.